The third-order valence-electron chi connectivity index (χ3n) is 7.43. The summed E-state index contributed by atoms with van der Waals surface area (Å²) in [6, 6.07) is 8.09. The molecule has 0 bridgehead atoms. The number of fused-ring (bicyclic) bond motifs is 2. The van der Waals surface area contributed by atoms with Gasteiger partial charge in [-0.1, -0.05) is 24.3 Å². The van der Waals surface area contributed by atoms with E-state index >= 15 is 0 Å². The highest BCUT2D eigenvalue weighted by Crippen LogP contribution is 2.50. The number of hydrogen-bond acceptors (Lipinski definition) is 3. The Hall–Kier alpha value is -2.37. The third kappa shape index (κ3) is 3.13. The van der Waals surface area contributed by atoms with Gasteiger partial charge in [0.05, 0.1) is 0 Å². The first-order valence-electron chi connectivity index (χ1n) is 10.9. The Balaban J connectivity index is 1.25. The number of rotatable bonds is 4. The lowest BCUT2D eigenvalue weighted by Crippen LogP contribution is -2.48. The molecule has 154 valence electrons. The molecule has 2 aliphatic heterocycles. The molecule has 6 heteroatoms. The predicted octanol–water partition coefficient (Wildman–Crippen LogP) is 2.96. The number of hydrogen-bond donors (Lipinski definition) is 1. The van der Waals surface area contributed by atoms with Crippen molar-refractivity contribution in [1.29, 1.82) is 0 Å². The topological polar surface area (TPSA) is 65.0 Å². The van der Waals surface area contributed by atoms with Crippen LogP contribution < -0.4 is 5.32 Å². The molecular weight excluding hydrogens is 364 g/mol. The number of amidine groups is 1. The second-order valence-corrected chi connectivity index (χ2v) is 9.34. The van der Waals surface area contributed by atoms with Crippen LogP contribution in [0.4, 0.5) is 4.79 Å². The van der Waals surface area contributed by atoms with E-state index in [-0.39, 0.29) is 17.9 Å². The SMILES string of the molecule is CC1=N[C@@]2(CC[C@@H]3CN(C(=O)NCc4ccccc4C)C[C@@H]32)C(=O)N1CC1CC1. The van der Waals surface area contributed by atoms with Gasteiger partial charge in [-0.25, -0.2) is 4.79 Å². The van der Waals surface area contributed by atoms with Crippen LogP contribution >= 0.6 is 0 Å². The molecule has 5 rings (SSSR count). The van der Waals surface area contributed by atoms with Gasteiger partial charge in [0.2, 0.25) is 0 Å². The maximum atomic E-state index is 13.4. The summed E-state index contributed by atoms with van der Waals surface area (Å²) < 4.78 is 0. The standard InChI is InChI=1S/C23H30N4O2/c1-15-5-3-4-6-18(15)11-24-22(29)26-13-19-9-10-23(20(19)14-26)21(28)27(16(2)25-23)12-17-7-8-17/h3-6,17,19-20H,7-14H2,1-2H3,(H,24,29)/t19-,20+,23-/m1/s1. The van der Waals surface area contributed by atoms with Crippen LogP contribution in [-0.4, -0.2) is 52.7 Å². The largest absolute Gasteiger partial charge is 0.334 e. The first-order chi connectivity index (χ1) is 14.0. The lowest BCUT2D eigenvalue weighted by atomic mass is 9.85. The molecule has 2 saturated carbocycles. The minimum absolute atomic E-state index is 0.0289. The van der Waals surface area contributed by atoms with Crippen LogP contribution in [0.3, 0.4) is 0 Å². The van der Waals surface area contributed by atoms with Gasteiger partial charge >= 0.3 is 6.03 Å². The predicted molar refractivity (Wildman–Crippen MR) is 111 cm³/mol. The zero-order valence-electron chi connectivity index (χ0n) is 17.4. The zero-order chi connectivity index (χ0) is 20.2. The number of aryl methyl sites for hydroxylation is 1. The fourth-order valence-corrected chi connectivity index (χ4v) is 5.51. The van der Waals surface area contributed by atoms with E-state index in [1.54, 1.807) is 0 Å². The highest BCUT2D eigenvalue weighted by atomic mass is 16.2. The van der Waals surface area contributed by atoms with E-state index in [0.29, 0.717) is 24.9 Å². The minimum atomic E-state index is -0.616. The Morgan fingerprint density at radius 2 is 2.00 bits per heavy atom. The quantitative estimate of drug-likeness (QED) is 0.853. The lowest BCUT2D eigenvalue weighted by Gasteiger charge is -2.28. The summed E-state index contributed by atoms with van der Waals surface area (Å²) in [6.07, 6.45) is 4.26. The van der Waals surface area contributed by atoms with Gasteiger partial charge < -0.3 is 10.2 Å². The Bertz CT molecular complexity index is 877. The summed E-state index contributed by atoms with van der Waals surface area (Å²) in [7, 11) is 0. The van der Waals surface area contributed by atoms with Gasteiger partial charge in [-0.05, 0) is 62.5 Å². The Morgan fingerprint density at radius 1 is 1.21 bits per heavy atom. The molecule has 6 nitrogen and oxygen atoms in total. The van der Waals surface area contributed by atoms with Crippen LogP contribution in [0.5, 0.6) is 0 Å². The molecule has 29 heavy (non-hydrogen) atoms. The summed E-state index contributed by atoms with van der Waals surface area (Å²) in [6.45, 7) is 6.76. The van der Waals surface area contributed by atoms with Gasteiger partial charge in [0, 0.05) is 32.1 Å². The van der Waals surface area contributed by atoms with Crippen molar-refractivity contribution in [3.8, 4) is 0 Å². The molecule has 4 aliphatic rings. The molecule has 0 aromatic heterocycles. The average Bonchev–Trinajstić information content (AvgIpc) is 3.24. The number of amides is 3. The molecule has 0 radical (unpaired) electrons. The fraction of sp³-hybridized carbons (Fsp3) is 0.609. The van der Waals surface area contributed by atoms with E-state index < -0.39 is 5.54 Å². The Morgan fingerprint density at radius 3 is 2.76 bits per heavy atom. The molecule has 3 atom stereocenters. The van der Waals surface area contributed by atoms with Gasteiger partial charge in [-0.2, -0.15) is 0 Å². The molecule has 1 aromatic rings. The first-order valence-corrected chi connectivity index (χ1v) is 10.9. The molecule has 1 N–H and O–H groups in total. The zero-order valence-corrected chi connectivity index (χ0v) is 17.4. The third-order valence-corrected chi connectivity index (χ3v) is 7.43. The summed E-state index contributed by atoms with van der Waals surface area (Å²) in [4.78, 5) is 34.9. The van der Waals surface area contributed by atoms with Crippen molar-refractivity contribution < 1.29 is 9.59 Å². The van der Waals surface area contributed by atoms with E-state index in [1.807, 2.05) is 34.9 Å². The number of aliphatic imine (C=N–C) groups is 1. The molecule has 3 fully saturated rings. The number of benzene rings is 1. The molecule has 1 saturated heterocycles. The summed E-state index contributed by atoms with van der Waals surface area (Å²) in [5.41, 5.74) is 1.70. The van der Waals surface area contributed by atoms with E-state index in [1.165, 1.54) is 18.4 Å². The van der Waals surface area contributed by atoms with Gasteiger partial charge in [-0.3, -0.25) is 14.7 Å². The van der Waals surface area contributed by atoms with Gasteiger partial charge in [0.1, 0.15) is 11.4 Å². The molecular formula is C23H30N4O2. The molecule has 0 unspecified atom stereocenters. The normalized spacial score (nSPS) is 30.8. The van der Waals surface area contributed by atoms with E-state index in [4.69, 9.17) is 4.99 Å². The average molecular weight is 395 g/mol. The maximum Gasteiger partial charge on any atom is 0.317 e. The van der Waals surface area contributed by atoms with Crippen molar-refractivity contribution in [2.75, 3.05) is 19.6 Å². The highest BCUT2D eigenvalue weighted by Gasteiger charge is 2.61. The van der Waals surface area contributed by atoms with Crippen molar-refractivity contribution in [2.45, 2.75) is 51.6 Å². The Labute approximate surface area is 172 Å². The van der Waals surface area contributed by atoms with Gasteiger partial charge in [0.15, 0.2) is 0 Å². The summed E-state index contributed by atoms with van der Waals surface area (Å²) in [5, 5.41) is 3.07. The molecule has 1 aromatic carbocycles. The van der Waals surface area contributed by atoms with Crippen LogP contribution in [0.15, 0.2) is 29.3 Å². The van der Waals surface area contributed by atoms with Crippen molar-refractivity contribution in [3.05, 3.63) is 35.4 Å². The van der Waals surface area contributed by atoms with Gasteiger partial charge in [-0.15, -0.1) is 0 Å². The Kier molecular flexibility index (Phi) is 4.41. The summed E-state index contributed by atoms with van der Waals surface area (Å²) >= 11 is 0. The number of likely N-dealkylation sites (tertiary alicyclic amines) is 1. The lowest BCUT2D eigenvalue weighted by molar-refractivity contribution is -0.132. The highest BCUT2D eigenvalue weighted by molar-refractivity contribution is 6.08. The minimum Gasteiger partial charge on any atom is -0.334 e. The molecule has 2 heterocycles. The van der Waals surface area contributed by atoms with Crippen molar-refractivity contribution in [3.63, 3.8) is 0 Å². The van der Waals surface area contributed by atoms with Crippen molar-refractivity contribution >= 4 is 17.8 Å². The van der Waals surface area contributed by atoms with Crippen LogP contribution in [0.1, 0.15) is 43.7 Å². The number of carbonyl (C=O) groups is 2. The van der Waals surface area contributed by atoms with Crippen LogP contribution in [0.2, 0.25) is 0 Å². The fourth-order valence-electron chi connectivity index (χ4n) is 5.51. The maximum absolute atomic E-state index is 13.4. The molecule has 3 amide bonds. The smallest absolute Gasteiger partial charge is 0.317 e. The van der Waals surface area contributed by atoms with Crippen LogP contribution in [-0.2, 0) is 11.3 Å². The second-order valence-electron chi connectivity index (χ2n) is 9.34. The molecule has 1 spiro atoms. The van der Waals surface area contributed by atoms with Crippen LogP contribution in [0, 0.1) is 24.7 Å². The monoisotopic (exact) mass is 394 g/mol. The number of carbonyl (C=O) groups excluding carboxylic acids is 2. The van der Waals surface area contributed by atoms with Crippen molar-refractivity contribution in [2.24, 2.45) is 22.7 Å². The van der Waals surface area contributed by atoms with Crippen LogP contribution in [0.25, 0.3) is 0 Å². The number of nitrogens with one attached hydrogen (secondary N) is 1. The van der Waals surface area contributed by atoms with E-state index in [2.05, 4.69) is 18.3 Å². The van der Waals surface area contributed by atoms with Gasteiger partial charge in [0.25, 0.3) is 5.91 Å². The van der Waals surface area contributed by atoms with E-state index in [9.17, 15) is 9.59 Å². The number of urea groups is 1. The number of nitrogens with zero attached hydrogens (tertiary/aromatic N) is 3. The first kappa shape index (κ1) is 18.6. The van der Waals surface area contributed by atoms with E-state index in [0.717, 1.165) is 37.3 Å². The molecule has 2 aliphatic carbocycles. The summed E-state index contributed by atoms with van der Waals surface area (Å²) in [5.74, 6) is 2.25. The second kappa shape index (κ2) is 6.85. The van der Waals surface area contributed by atoms with Crippen molar-refractivity contribution in [1.82, 2.24) is 15.1 Å².